The van der Waals surface area contributed by atoms with Crippen molar-refractivity contribution >= 4 is 5.71 Å². The van der Waals surface area contributed by atoms with Gasteiger partial charge in [0.05, 0.1) is 5.71 Å². The highest BCUT2D eigenvalue weighted by Crippen LogP contribution is 2.07. The van der Waals surface area contributed by atoms with Gasteiger partial charge in [0.25, 0.3) is 0 Å². The fraction of sp³-hybridized carbons (Fsp3) is 0.750. The van der Waals surface area contributed by atoms with Gasteiger partial charge in [-0.25, -0.2) is 0 Å². The Balaban J connectivity index is 3.78. The number of rotatable bonds is 8. The molecule has 0 heterocycles. The first-order chi connectivity index (χ1) is 7.20. The lowest BCUT2D eigenvalue weighted by Gasteiger charge is -2.10. The van der Waals surface area contributed by atoms with E-state index in [1.807, 2.05) is 33.9 Å². The summed E-state index contributed by atoms with van der Waals surface area (Å²) in [6.45, 7) is 6.95. The van der Waals surface area contributed by atoms with Crippen molar-refractivity contribution in [3.05, 3.63) is 12.2 Å². The summed E-state index contributed by atoms with van der Waals surface area (Å²) in [7, 11) is 1.98. The Morgan fingerprint density at radius 2 is 2.13 bits per heavy atom. The second-order valence-corrected chi connectivity index (χ2v) is 3.81. The van der Waals surface area contributed by atoms with E-state index >= 15 is 0 Å². The maximum Gasteiger partial charge on any atom is 0.145 e. The van der Waals surface area contributed by atoms with Gasteiger partial charge in [0.1, 0.15) is 6.10 Å². The fourth-order valence-electron chi connectivity index (χ4n) is 1.22. The summed E-state index contributed by atoms with van der Waals surface area (Å²) in [5, 5.41) is 7.13. The molecule has 0 aromatic carbocycles. The van der Waals surface area contributed by atoms with E-state index in [0.29, 0.717) is 0 Å². The SMILES string of the molecule is C/C=C\C(CCCCNC)ON=C(C)C. The molecule has 1 N–H and O–H groups in total. The summed E-state index contributed by atoms with van der Waals surface area (Å²) in [6.07, 6.45) is 7.58. The maximum atomic E-state index is 5.40. The molecule has 0 saturated heterocycles. The molecule has 0 saturated carbocycles. The number of nitrogens with one attached hydrogen (secondary N) is 1. The molecule has 0 rings (SSSR count). The second kappa shape index (κ2) is 9.71. The van der Waals surface area contributed by atoms with Gasteiger partial charge < -0.3 is 10.2 Å². The Labute approximate surface area is 93.6 Å². The summed E-state index contributed by atoms with van der Waals surface area (Å²) < 4.78 is 0. The van der Waals surface area contributed by atoms with E-state index in [1.165, 1.54) is 6.42 Å². The molecule has 0 spiro atoms. The average Bonchev–Trinajstić information content (AvgIpc) is 2.20. The van der Waals surface area contributed by atoms with E-state index in [4.69, 9.17) is 4.84 Å². The maximum absolute atomic E-state index is 5.40. The van der Waals surface area contributed by atoms with Crippen molar-refractivity contribution in [3.63, 3.8) is 0 Å². The van der Waals surface area contributed by atoms with Gasteiger partial charge in [-0.3, -0.25) is 0 Å². The first-order valence-corrected chi connectivity index (χ1v) is 5.65. The number of oxime groups is 1. The standard InChI is InChI=1S/C12H24N2O/c1-5-8-12(15-14-11(2)3)9-6-7-10-13-4/h5,8,12-13H,6-7,9-10H2,1-4H3/b8-5-. The van der Waals surface area contributed by atoms with E-state index in [9.17, 15) is 0 Å². The Bertz CT molecular complexity index is 196. The summed E-state index contributed by atoms with van der Waals surface area (Å²) in [5.74, 6) is 0. The van der Waals surface area contributed by atoms with Crippen LogP contribution < -0.4 is 5.32 Å². The van der Waals surface area contributed by atoms with E-state index in [0.717, 1.165) is 25.1 Å². The molecular formula is C12H24N2O. The van der Waals surface area contributed by atoms with E-state index in [2.05, 4.69) is 16.5 Å². The van der Waals surface area contributed by atoms with Crippen molar-refractivity contribution in [3.8, 4) is 0 Å². The molecule has 0 aromatic rings. The molecule has 0 aromatic heterocycles. The van der Waals surface area contributed by atoms with Crippen LogP contribution in [0.3, 0.4) is 0 Å². The molecule has 1 unspecified atom stereocenters. The summed E-state index contributed by atoms with van der Waals surface area (Å²) in [5.41, 5.74) is 0.958. The number of hydrogen-bond donors (Lipinski definition) is 1. The van der Waals surface area contributed by atoms with Gasteiger partial charge in [0.2, 0.25) is 0 Å². The van der Waals surface area contributed by atoms with Gasteiger partial charge in [-0.2, -0.15) is 0 Å². The van der Waals surface area contributed by atoms with Crippen molar-refractivity contribution in [1.82, 2.24) is 5.32 Å². The van der Waals surface area contributed by atoms with Crippen molar-refractivity contribution in [1.29, 1.82) is 0 Å². The molecular weight excluding hydrogens is 188 g/mol. The highest BCUT2D eigenvalue weighted by molar-refractivity contribution is 5.78. The van der Waals surface area contributed by atoms with Crippen LogP contribution in [-0.2, 0) is 4.84 Å². The van der Waals surface area contributed by atoms with Gasteiger partial charge in [0, 0.05) is 0 Å². The molecule has 0 aliphatic rings. The Morgan fingerprint density at radius 1 is 1.40 bits per heavy atom. The van der Waals surface area contributed by atoms with Crippen LogP contribution in [0, 0.1) is 0 Å². The third-order valence-corrected chi connectivity index (χ3v) is 1.94. The lowest BCUT2D eigenvalue weighted by atomic mass is 10.1. The minimum absolute atomic E-state index is 0.127. The quantitative estimate of drug-likeness (QED) is 0.290. The topological polar surface area (TPSA) is 33.6 Å². The van der Waals surface area contributed by atoms with Gasteiger partial charge in [-0.1, -0.05) is 11.2 Å². The van der Waals surface area contributed by atoms with Crippen LogP contribution >= 0.6 is 0 Å². The number of nitrogens with zero attached hydrogens (tertiary/aromatic N) is 1. The number of allylic oxidation sites excluding steroid dienone is 1. The molecule has 0 amide bonds. The van der Waals surface area contributed by atoms with Crippen LogP contribution in [0.2, 0.25) is 0 Å². The molecule has 3 heteroatoms. The van der Waals surface area contributed by atoms with Crippen LogP contribution in [0.25, 0.3) is 0 Å². The molecule has 1 atom stereocenters. The lowest BCUT2D eigenvalue weighted by molar-refractivity contribution is 0.0842. The van der Waals surface area contributed by atoms with Crippen molar-refractivity contribution < 1.29 is 4.84 Å². The molecule has 15 heavy (non-hydrogen) atoms. The number of hydrogen-bond acceptors (Lipinski definition) is 3. The third-order valence-electron chi connectivity index (χ3n) is 1.94. The molecule has 3 nitrogen and oxygen atoms in total. The minimum atomic E-state index is 0.127. The molecule has 0 aliphatic heterocycles. The average molecular weight is 212 g/mol. The van der Waals surface area contributed by atoms with Crippen LogP contribution in [0.5, 0.6) is 0 Å². The van der Waals surface area contributed by atoms with E-state index in [1.54, 1.807) is 0 Å². The van der Waals surface area contributed by atoms with Gasteiger partial charge in [-0.15, -0.1) is 0 Å². The highest BCUT2D eigenvalue weighted by atomic mass is 16.6. The molecule has 88 valence electrons. The first-order valence-electron chi connectivity index (χ1n) is 5.65. The minimum Gasteiger partial charge on any atom is -0.388 e. The van der Waals surface area contributed by atoms with Crippen LogP contribution in [0.1, 0.15) is 40.0 Å². The predicted octanol–water partition coefficient (Wildman–Crippen LogP) is 2.73. The Hall–Kier alpha value is -0.830. The van der Waals surface area contributed by atoms with Crippen molar-refractivity contribution in [2.75, 3.05) is 13.6 Å². The zero-order chi connectivity index (χ0) is 11.5. The predicted molar refractivity (Wildman–Crippen MR) is 66.2 cm³/mol. The van der Waals surface area contributed by atoms with Gasteiger partial charge in [0.15, 0.2) is 0 Å². The van der Waals surface area contributed by atoms with Crippen LogP contribution in [0.4, 0.5) is 0 Å². The molecule has 0 bridgehead atoms. The summed E-state index contributed by atoms with van der Waals surface area (Å²) in [6, 6.07) is 0. The zero-order valence-corrected chi connectivity index (χ0v) is 10.4. The first kappa shape index (κ1) is 14.2. The van der Waals surface area contributed by atoms with Gasteiger partial charge in [-0.05, 0) is 59.7 Å². The van der Waals surface area contributed by atoms with E-state index in [-0.39, 0.29) is 6.10 Å². The summed E-state index contributed by atoms with van der Waals surface area (Å²) in [4.78, 5) is 5.40. The van der Waals surface area contributed by atoms with E-state index < -0.39 is 0 Å². The molecule has 0 fully saturated rings. The third kappa shape index (κ3) is 9.47. The summed E-state index contributed by atoms with van der Waals surface area (Å²) >= 11 is 0. The molecule has 0 radical (unpaired) electrons. The second-order valence-electron chi connectivity index (χ2n) is 3.81. The highest BCUT2D eigenvalue weighted by Gasteiger charge is 2.04. The van der Waals surface area contributed by atoms with Crippen molar-refractivity contribution in [2.24, 2.45) is 5.16 Å². The largest absolute Gasteiger partial charge is 0.388 e. The van der Waals surface area contributed by atoms with Crippen LogP contribution in [-0.4, -0.2) is 25.4 Å². The lowest BCUT2D eigenvalue weighted by Crippen LogP contribution is -2.11. The fourth-order valence-corrected chi connectivity index (χ4v) is 1.22. The van der Waals surface area contributed by atoms with Crippen LogP contribution in [0.15, 0.2) is 17.3 Å². The number of unbranched alkanes of at least 4 members (excludes halogenated alkanes) is 1. The van der Waals surface area contributed by atoms with Crippen molar-refractivity contribution in [2.45, 2.75) is 46.1 Å². The smallest absolute Gasteiger partial charge is 0.145 e. The Kier molecular flexibility index (Phi) is 9.18. The zero-order valence-electron chi connectivity index (χ0n) is 10.4. The normalized spacial score (nSPS) is 12.8. The molecule has 0 aliphatic carbocycles. The monoisotopic (exact) mass is 212 g/mol. The Morgan fingerprint density at radius 3 is 2.67 bits per heavy atom. The van der Waals surface area contributed by atoms with Gasteiger partial charge >= 0.3 is 0 Å².